The quantitative estimate of drug-likeness (QED) is 0.429. The van der Waals surface area contributed by atoms with Crippen LogP contribution in [-0.4, -0.2) is 30.5 Å². The van der Waals surface area contributed by atoms with Gasteiger partial charge in [-0.25, -0.2) is 4.79 Å². The first-order chi connectivity index (χ1) is 15.5. The summed E-state index contributed by atoms with van der Waals surface area (Å²) in [5.41, 5.74) is 4.47. The fourth-order valence-electron chi connectivity index (χ4n) is 3.97. The van der Waals surface area contributed by atoms with E-state index in [1.54, 1.807) is 0 Å². The molecule has 0 saturated carbocycles. The molecule has 1 aliphatic heterocycles. The minimum Gasteiger partial charge on any atom is -0.457 e. The number of pyridine rings is 1. The van der Waals surface area contributed by atoms with Crippen LogP contribution in [0.25, 0.3) is 10.9 Å². The van der Waals surface area contributed by atoms with Crippen LogP contribution in [0.3, 0.4) is 0 Å². The molecule has 0 radical (unpaired) electrons. The van der Waals surface area contributed by atoms with Crippen LogP contribution in [0.1, 0.15) is 42.1 Å². The Morgan fingerprint density at radius 3 is 2.56 bits per heavy atom. The van der Waals surface area contributed by atoms with E-state index >= 15 is 0 Å². The molecule has 1 aliphatic rings. The molecule has 168 valence electrons. The van der Waals surface area contributed by atoms with Crippen molar-refractivity contribution in [1.29, 1.82) is 0 Å². The van der Waals surface area contributed by atoms with Gasteiger partial charge in [0, 0.05) is 23.4 Å². The van der Waals surface area contributed by atoms with Gasteiger partial charge in [-0.05, 0) is 64.3 Å². The Morgan fingerprint density at radius 1 is 1.09 bits per heavy atom. The lowest BCUT2D eigenvalue weighted by Crippen LogP contribution is -2.20. The Morgan fingerprint density at radius 2 is 1.88 bits per heavy atom. The monoisotopic (exact) mass is 435 g/mol. The van der Waals surface area contributed by atoms with E-state index in [-0.39, 0.29) is 12.7 Å². The zero-order valence-electron chi connectivity index (χ0n) is 19.1. The number of aryl methyl sites for hydroxylation is 3. The highest BCUT2D eigenvalue weighted by Crippen LogP contribution is 2.38. The van der Waals surface area contributed by atoms with Gasteiger partial charge in [0.05, 0.1) is 17.0 Å². The highest BCUT2D eigenvalue weighted by molar-refractivity contribution is 5.93. The first-order valence-electron chi connectivity index (χ1n) is 11.1. The Kier molecular flexibility index (Phi) is 6.61. The first kappa shape index (κ1) is 22.1. The van der Waals surface area contributed by atoms with Crippen LogP contribution in [0.5, 0.6) is 17.2 Å². The fourth-order valence-corrected chi connectivity index (χ4v) is 3.97. The van der Waals surface area contributed by atoms with Gasteiger partial charge in [0.1, 0.15) is 23.9 Å². The number of fused-ring (bicyclic) bond motifs is 1. The molecule has 32 heavy (non-hydrogen) atoms. The van der Waals surface area contributed by atoms with E-state index in [9.17, 15) is 4.79 Å². The van der Waals surface area contributed by atoms with Crippen molar-refractivity contribution in [2.45, 2.75) is 53.1 Å². The molecule has 0 amide bonds. The third-order valence-corrected chi connectivity index (χ3v) is 5.83. The average Bonchev–Trinajstić information content (AvgIpc) is 3.31. The minimum absolute atomic E-state index is 0.0553. The molecule has 6 nitrogen and oxygen atoms in total. The van der Waals surface area contributed by atoms with E-state index in [1.807, 2.05) is 64.1 Å². The maximum Gasteiger partial charge on any atom is 0.513 e. The van der Waals surface area contributed by atoms with E-state index < -0.39 is 6.16 Å². The summed E-state index contributed by atoms with van der Waals surface area (Å²) in [4.78, 5) is 17.3. The number of hydrogen-bond donors (Lipinski definition) is 0. The number of rotatable bonds is 6. The topological polar surface area (TPSA) is 66.9 Å². The number of hydrogen-bond acceptors (Lipinski definition) is 6. The summed E-state index contributed by atoms with van der Waals surface area (Å²) >= 11 is 0. The van der Waals surface area contributed by atoms with Crippen molar-refractivity contribution < 1.29 is 23.7 Å². The summed E-state index contributed by atoms with van der Waals surface area (Å²) in [5, 5.41) is 0.748. The van der Waals surface area contributed by atoms with E-state index in [0.29, 0.717) is 18.1 Å². The van der Waals surface area contributed by atoms with Crippen LogP contribution in [0.4, 0.5) is 4.79 Å². The Balaban J connectivity index is 1.67. The summed E-state index contributed by atoms with van der Waals surface area (Å²) < 4.78 is 22.7. The predicted molar refractivity (Wildman–Crippen MR) is 123 cm³/mol. The van der Waals surface area contributed by atoms with Crippen molar-refractivity contribution in [2.24, 2.45) is 0 Å². The van der Waals surface area contributed by atoms with Crippen molar-refractivity contribution in [2.75, 3.05) is 13.2 Å². The molecular weight excluding hydrogens is 406 g/mol. The molecule has 0 aliphatic carbocycles. The van der Waals surface area contributed by atoms with E-state index in [1.165, 1.54) is 0 Å². The molecule has 4 rings (SSSR count). The molecule has 3 aromatic rings. The maximum absolute atomic E-state index is 12.5. The van der Waals surface area contributed by atoms with Gasteiger partial charge in [0.2, 0.25) is 0 Å². The summed E-state index contributed by atoms with van der Waals surface area (Å²) in [5.74, 6) is 1.90. The molecule has 0 bridgehead atoms. The van der Waals surface area contributed by atoms with Crippen LogP contribution in [0, 0.1) is 20.8 Å². The molecular formula is C26H29NO5. The van der Waals surface area contributed by atoms with Gasteiger partial charge in [-0.3, -0.25) is 4.98 Å². The van der Waals surface area contributed by atoms with Crippen LogP contribution in [-0.2, 0) is 15.9 Å². The number of nitrogens with zero attached hydrogens (tertiary/aromatic N) is 1. The SMILES string of the molecule is CCc1nc2ccc(Oc3ccc(C)cc3)c(C)c2c(OC(=O)OCC2CCCO2)c1C. The van der Waals surface area contributed by atoms with Crippen LogP contribution in [0.2, 0.25) is 0 Å². The van der Waals surface area contributed by atoms with Gasteiger partial charge in [0.25, 0.3) is 0 Å². The van der Waals surface area contributed by atoms with E-state index in [4.69, 9.17) is 23.9 Å². The van der Waals surface area contributed by atoms with Crippen LogP contribution in [0.15, 0.2) is 36.4 Å². The van der Waals surface area contributed by atoms with Crippen molar-refractivity contribution in [3.8, 4) is 17.2 Å². The fraction of sp³-hybridized carbons (Fsp3) is 0.385. The minimum atomic E-state index is -0.734. The lowest BCUT2D eigenvalue weighted by atomic mass is 10.0. The zero-order valence-corrected chi connectivity index (χ0v) is 19.1. The second kappa shape index (κ2) is 9.57. The molecule has 0 spiro atoms. The third kappa shape index (κ3) is 4.70. The van der Waals surface area contributed by atoms with Crippen molar-refractivity contribution >= 4 is 17.1 Å². The zero-order chi connectivity index (χ0) is 22.7. The third-order valence-electron chi connectivity index (χ3n) is 5.83. The maximum atomic E-state index is 12.5. The van der Waals surface area contributed by atoms with Crippen LogP contribution >= 0.6 is 0 Å². The van der Waals surface area contributed by atoms with E-state index in [0.717, 1.165) is 58.3 Å². The number of carbonyl (C=O) groups is 1. The summed E-state index contributed by atoms with van der Waals surface area (Å²) in [6.07, 6.45) is 1.82. The standard InChI is InChI=1S/C26H29NO5/c1-5-21-17(3)25(32-26(28)30-15-20-7-6-14-29-20)24-18(4)23(13-12-22(24)27-21)31-19-10-8-16(2)9-11-19/h8-13,20H,5-7,14-15H2,1-4H3. The van der Waals surface area contributed by atoms with Crippen LogP contribution < -0.4 is 9.47 Å². The highest BCUT2D eigenvalue weighted by Gasteiger charge is 2.22. The molecule has 6 heteroatoms. The normalized spacial score (nSPS) is 15.7. The van der Waals surface area contributed by atoms with Gasteiger partial charge >= 0.3 is 6.16 Å². The number of benzene rings is 2. The molecule has 1 aromatic heterocycles. The van der Waals surface area contributed by atoms with Gasteiger partial charge in [-0.15, -0.1) is 0 Å². The smallest absolute Gasteiger partial charge is 0.457 e. The summed E-state index contributed by atoms with van der Waals surface area (Å²) in [7, 11) is 0. The van der Waals surface area contributed by atoms with Gasteiger partial charge in [-0.1, -0.05) is 24.6 Å². The highest BCUT2D eigenvalue weighted by atomic mass is 16.7. The Labute approximate surface area is 188 Å². The predicted octanol–water partition coefficient (Wildman–Crippen LogP) is 6.21. The molecule has 1 unspecified atom stereocenters. The van der Waals surface area contributed by atoms with Crippen molar-refractivity contribution in [3.05, 3.63) is 58.8 Å². The molecule has 1 fully saturated rings. The largest absolute Gasteiger partial charge is 0.513 e. The lowest BCUT2D eigenvalue weighted by Gasteiger charge is -2.18. The Bertz CT molecular complexity index is 1120. The summed E-state index contributed by atoms with van der Waals surface area (Å²) in [6.45, 7) is 8.83. The molecule has 0 N–H and O–H groups in total. The average molecular weight is 436 g/mol. The second-order valence-corrected chi connectivity index (χ2v) is 8.16. The van der Waals surface area contributed by atoms with Gasteiger partial charge < -0.3 is 18.9 Å². The first-order valence-corrected chi connectivity index (χ1v) is 11.1. The molecule has 1 saturated heterocycles. The van der Waals surface area contributed by atoms with Crippen molar-refractivity contribution in [1.82, 2.24) is 4.98 Å². The van der Waals surface area contributed by atoms with Gasteiger partial charge in [-0.2, -0.15) is 0 Å². The number of carbonyl (C=O) groups excluding carboxylic acids is 1. The molecule has 1 atom stereocenters. The Hall–Kier alpha value is -3.12. The lowest BCUT2D eigenvalue weighted by molar-refractivity contribution is 0.0274. The second-order valence-electron chi connectivity index (χ2n) is 8.16. The molecule has 2 heterocycles. The number of ether oxygens (including phenoxy) is 4. The van der Waals surface area contributed by atoms with Gasteiger partial charge in [0.15, 0.2) is 0 Å². The van der Waals surface area contributed by atoms with E-state index in [2.05, 4.69) is 0 Å². The number of aromatic nitrogens is 1. The molecule has 2 aromatic carbocycles. The van der Waals surface area contributed by atoms with Crippen molar-refractivity contribution in [3.63, 3.8) is 0 Å². The summed E-state index contributed by atoms with van der Waals surface area (Å²) in [6, 6.07) is 11.7.